The second-order valence-corrected chi connectivity index (χ2v) is 3.94. The van der Waals surface area contributed by atoms with Crippen LogP contribution in [0, 0.1) is 0 Å². The summed E-state index contributed by atoms with van der Waals surface area (Å²) in [6.45, 7) is 0.185. The molecule has 0 unspecified atom stereocenters. The van der Waals surface area contributed by atoms with E-state index in [0.717, 1.165) is 5.56 Å². The highest BCUT2D eigenvalue weighted by atomic mass is 16.5. The number of methoxy groups -OCH3 is 1. The van der Waals surface area contributed by atoms with Crippen LogP contribution in [0.2, 0.25) is 0 Å². The van der Waals surface area contributed by atoms with Crippen molar-refractivity contribution in [3.05, 3.63) is 35.9 Å². The van der Waals surface area contributed by atoms with Gasteiger partial charge in [0.25, 0.3) is 0 Å². The van der Waals surface area contributed by atoms with Gasteiger partial charge in [-0.25, -0.2) is 0 Å². The molecule has 19 heavy (non-hydrogen) atoms. The van der Waals surface area contributed by atoms with Crippen LogP contribution in [-0.2, 0) is 30.5 Å². The summed E-state index contributed by atoms with van der Waals surface area (Å²) in [7, 11) is 1.21. The number of esters is 2. The standard InChI is InChI=1S/C14H16O5/c1-18-14(17)9-12(15)7-8-13(16)19-10-11-5-3-2-4-6-11/h2-6H,7-10H2,1H3. The average molecular weight is 264 g/mol. The first-order valence-corrected chi connectivity index (χ1v) is 5.90. The molecule has 102 valence electrons. The number of benzene rings is 1. The van der Waals surface area contributed by atoms with Gasteiger partial charge >= 0.3 is 11.9 Å². The zero-order chi connectivity index (χ0) is 14.1. The van der Waals surface area contributed by atoms with Gasteiger partial charge in [0.2, 0.25) is 0 Å². The van der Waals surface area contributed by atoms with Gasteiger partial charge in [-0.2, -0.15) is 0 Å². The second-order valence-electron chi connectivity index (χ2n) is 3.94. The van der Waals surface area contributed by atoms with E-state index in [-0.39, 0.29) is 31.7 Å². The first-order chi connectivity index (χ1) is 9.11. The van der Waals surface area contributed by atoms with Crippen molar-refractivity contribution in [3.63, 3.8) is 0 Å². The average Bonchev–Trinajstić information content (AvgIpc) is 2.43. The number of carbonyl (C=O) groups excluding carboxylic acids is 3. The fraction of sp³-hybridized carbons (Fsp3) is 0.357. The topological polar surface area (TPSA) is 69.7 Å². The summed E-state index contributed by atoms with van der Waals surface area (Å²) >= 11 is 0. The molecule has 5 nitrogen and oxygen atoms in total. The van der Waals surface area contributed by atoms with E-state index in [1.54, 1.807) is 0 Å². The smallest absolute Gasteiger partial charge is 0.313 e. The van der Waals surface area contributed by atoms with Crippen molar-refractivity contribution in [3.8, 4) is 0 Å². The first kappa shape index (κ1) is 14.9. The minimum Gasteiger partial charge on any atom is -0.469 e. The number of Topliss-reactive ketones (excluding diaryl/α,β-unsaturated/α-hetero) is 1. The molecule has 0 radical (unpaired) electrons. The predicted molar refractivity (Wildman–Crippen MR) is 67.1 cm³/mol. The second kappa shape index (κ2) is 8.02. The van der Waals surface area contributed by atoms with Gasteiger partial charge in [0.15, 0.2) is 0 Å². The fourth-order valence-electron chi connectivity index (χ4n) is 1.37. The Kier molecular flexibility index (Phi) is 6.29. The van der Waals surface area contributed by atoms with Crippen LogP contribution in [0.1, 0.15) is 24.8 Å². The van der Waals surface area contributed by atoms with Crippen LogP contribution in [0.25, 0.3) is 0 Å². The molecule has 1 rings (SSSR count). The summed E-state index contributed by atoms with van der Waals surface area (Å²) < 4.78 is 9.36. The van der Waals surface area contributed by atoms with Crippen LogP contribution in [-0.4, -0.2) is 24.8 Å². The lowest BCUT2D eigenvalue weighted by molar-refractivity contribution is -0.148. The molecule has 0 saturated heterocycles. The maximum atomic E-state index is 11.4. The van der Waals surface area contributed by atoms with E-state index in [4.69, 9.17) is 4.74 Å². The minimum atomic E-state index is -0.595. The third-order valence-electron chi connectivity index (χ3n) is 2.42. The summed E-state index contributed by atoms with van der Waals surface area (Å²) in [5.41, 5.74) is 0.886. The van der Waals surface area contributed by atoms with Gasteiger partial charge in [0.05, 0.1) is 13.5 Å². The Morgan fingerprint density at radius 2 is 1.68 bits per heavy atom. The molecule has 0 aliphatic carbocycles. The number of hydrogen-bond donors (Lipinski definition) is 0. The molecule has 0 fully saturated rings. The molecule has 0 atom stereocenters. The van der Waals surface area contributed by atoms with E-state index in [2.05, 4.69) is 4.74 Å². The summed E-state index contributed by atoms with van der Waals surface area (Å²) in [5.74, 6) is -1.38. The Morgan fingerprint density at radius 1 is 1.00 bits per heavy atom. The van der Waals surface area contributed by atoms with E-state index < -0.39 is 11.9 Å². The molecular formula is C14H16O5. The first-order valence-electron chi connectivity index (χ1n) is 5.90. The molecule has 0 heterocycles. The van der Waals surface area contributed by atoms with Crippen LogP contribution in [0.5, 0.6) is 0 Å². The zero-order valence-electron chi connectivity index (χ0n) is 10.8. The molecule has 0 saturated carbocycles. The molecule has 0 aliphatic heterocycles. The Hall–Kier alpha value is -2.17. The lowest BCUT2D eigenvalue weighted by Gasteiger charge is -2.04. The maximum absolute atomic E-state index is 11.4. The summed E-state index contributed by atoms with van der Waals surface area (Å²) in [4.78, 5) is 33.5. The highest BCUT2D eigenvalue weighted by Gasteiger charge is 2.12. The van der Waals surface area contributed by atoms with Crippen molar-refractivity contribution >= 4 is 17.7 Å². The molecule has 0 bridgehead atoms. The monoisotopic (exact) mass is 264 g/mol. The zero-order valence-corrected chi connectivity index (χ0v) is 10.8. The molecular weight excluding hydrogens is 248 g/mol. The Balaban J connectivity index is 2.21. The maximum Gasteiger partial charge on any atom is 0.313 e. The third-order valence-corrected chi connectivity index (χ3v) is 2.42. The van der Waals surface area contributed by atoms with Crippen LogP contribution in [0.15, 0.2) is 30.3 Å². The van der Waals surface area contributed by atoms with E-state index in [1.807, 2.05) is 30.3 Å². The minimum absolute atomic E-state index is 0.0112. The van der Waals surface area contributed by atoms with E-state index in [0.29, 0.717) is 0 Å². The third kappa shape index (κ3) is 6.35. The molecule has 1 aromatic carbocycles. The van der Waals surface area contributed by atoms with Crippen molar-refractivity contribution in [2.75, 3.05) is 7.11 Å². The summed E-state index contributed by atoms with van der Waals surface area (Å²) in [6, 6.07) is 9.26. The highest BCUT2D eigenvalue weighted by molar-refractivity contribution is 5.96. The number of ether oxygens (including phenoxy) is 2. The number of ketones is 1. The molecule has 1 aromatic rings. The van der Waals surface area contributed by atoms with Gasteiger partial charge < -0.3 is 9.47 Å². The molecule has 0 aliphatic rings. The summed E-state index contributed by atoms with van der Waals surface area (Å²) in [6.07, 6.45) is -0.339. The van der Waals surface area contributed by atoms with Gasteiger partial charge in [-0.15, -0.1) is 0 Å². The highest BCUT2D eigenvalue weighted by Crippen LogP contribution is 2.04. The van der Waals surface area contributed by atoms with E-state index in [9.17, 15) is 14.4 Å². The summed E-state index contributed by atoms with van der Waals surface area (Å²) in [5, 5.41) is 0. The molecule has 0 amide bonds. The quantitative estimate of drug-likeness (QED) is 0.553. The van der Waals surface area contributed by atoms with Gasteiger partial charge in [-0.1, -0.05) is 30.3 Å². The normalized spacial score (nSPS) is 9.74. The number of carbonyl (C=O) groups is 3. The van der Waals surface area contributed by atoms with Gasteiger partial charge in [0, 0.05) is 6.42 Å². The number of rotatable bonds is 7. The van der Waals surface area contributed by atoms with Gasteiger partial charge in [-0.3, -0.25) is 14.4 Å². The van der Waals surface area contributed by atoms with Crippen LogP contribution >= 0.6 is 0 Å². The van der Waals surface area contributed by atoms with Crippen molar-refractivity contribution in [2.45, 2.75) is 25.9 Å². The van der Waals surface area contributed by atoms with E-state index in [1.165, 1.54) is 7.11 Å². The fourth-order valence-corrected chi connectivity index (χ4v) is 1.37. The lowest BCUT2D eigenvalue weighted by Crippen LogP contribution is -2.12. The SMILES string of the molecule is COC(=O)CC(=O)CCC(=O)OCc1ccccc1. The Labute approximate surface area is 111 Å². The molecule has 5 heteroatoms. The predicted octanol–water partition coefficient (Wildman–Crippen LogP) is 1.64. The van der Waals surface area contributed by atoms with Crippen LogP contribution in [0.4, 0.5) is 0 Å². The van der Waals surface area contributed by atoms with Crippen molar-refractivity contribution in [2.24, 2.45) is 0 Å². The van der Waals surface area contributed by atoms with E-state index >= 15 is 0 Å². The molecule has 0 spiro atoms. The van der Waals surface area contributed by atoms with Crippen molar-refractivity contribution in [1.82, 2.24) is 0 Å². The largest absolute Gasteiger partial charge is 0.469 e. The number of hydrogen-bond acceptors (Lipinski definition) is 5. The van der Waals surface area contributed by atoms with Crippen molar-refractivity contribution in [1.29, 1.82) is 0 Å². The molecule has 0 aromatic heterocycles. The van der Waals surface area contributed by atoms with Gasteiger partial charge in [0.1, 0.15) is 18.8 Å². The van der Waals surface area contributed by atoms with Crippen LogP contribution < -0.4 is 0 Å². The van der Waals surface area contributed by atoms with Crippen molar-refractivity contribution < 1.29 is 23.9 Å². The lowest BCUT2D eigenvalue weighted by atomic mass is 10.2. The van der Waals surface area contributed by atoms with Crippen LogP contribution in [0.3, 0.4) is 0 Å². The Bertz CT molecular complexity index is 438. The Morgan fingerprint density at radius 3 is 2.32 bits per heavy atom. The van der Waals surface area contributed by atoms with Gasteiger partial charge in [-0.05, 0) is 5.56 Å². The molecule has 0 N–H and O–H groups in total.